The molecule has 17 nitrogen and oxygen atoms in total. The van der Waals surface area contributed by atoms with E-state index in [1.54, 1.807) is 30.3 Å². The molecule has 0 bridgehead atoms. The van der Waals surface area contributed by atoms with Gasteiger partial charge in [0.1, 0.15) is 18.1 Å². The molecule has 388 valence electrons. The summed E-state index contributed by atoms with van der Waals surface area (Å²) in [5, 5.41) is 22.6. The van der Waals surface area contributed by atoms with Crippen LogP contribution in [0.5, 0.6) is 5.75 Å². The number of phenols is 1. The van der Waals surface area contributed by atoms with Crippen molar-refractivity contribution in [1.82, 2.24) is 36.5 Å². The summed E-state index contributed by atoms with van der Waals surface area (Å²) in [6.07, 6.45) is 13.0. The van der Waals surface area contributed by atoms with Crippen molar-refractivity contribution >= 4 is 66.0 Å². The molecule has 4 unspecified atom stereocenters. The number of nitrogens with two attached hydrogens (primary N) is 1. The largest absolute Gasteiger partial charge is 0.530 e. The number of benzene rings is 3. The van der Waals surface area contributed by atoms with Crippen LogP contribution in [0.25, 0.3) is 10.9 Å². The number of carbonyl (C=O) groups excluding carboxylic acids is 7. The molecule has 1 aliphatic rings. The van der Waals surface area contributed by atoms with Crippen molar-refractivity contribution in [3.8, 4) is 5.75 Å². The van der Waals surface area contributed by atoms with Crippen LogP contribution in [0.15, 0.2) is 85.1 Å². The van der Waals surface area contributed by atoms with Crippen molar-refractivity contribution in [1.29, 1.82) is 0 Å². The number of likely N-dealkylation sites (tertiary alicyclic amines) is 1. The minimum Gasteiger partial charge on any atom is -0.530 e. The molecule has 1 fully saturated rings. The molecule has 5 rings (SSSR count). The number of aromatic amines is 1. The molecular formula is C50H75FmN8O9S-. The normalized spacial score (nSPS) is 13.3. The van der Waals surface area contributed by atoms with Crippen LogP contribution in [0.3, 0.4) is 0 Å². The van der Waals surface area contributed by atoms with Crippen LogP contribution in [0.1, 0.15) is 69.1 Å². The Morgan fingerprint density at radius 2 is 1.64 bits per heavy atom. The molecule has 3 aromatic carbocycles. The van der Waals surface area contributed by atoms with E-state index in [9.17, 15) is 33.6 Å². The number of aromatic hydroxyl groups is 1. The van der Waals surface area contributed by atoms with Gasteiger partial charge in [0.15, 0.2) is 0 Å². The van der Waals surface area contributed by atoms with Gasteiger partial charge in [0.25, 0.3) is 0 Å². The van der Waals surface area contributed by atoms with Crippen LogP contribution in [-0.2, 0) is 44.7 Å². The number of aryl methyl sites for hydroxylation is 2. The molecule has 69 heavy (non-hydrogen) atoms. The third-order valence-corrected chi connectivity index (χ3v) is 10.4. The van der Waals surface area contributed by atoms with E-state index in [2.05, 4.69) is 73.6 Å². The number of rotatable bonds is 21. The SMILES string of the molecule is CC(N)Cc1ccccc1.COC(=O)C(CCCCN[C-]=O)NC=O.CSCCC(C)NC(=O)CNC(=O)C1CCCN1C.Cc1c[nH]c2ccccc12.Cc1ccc(O)cc1.O=CCNC=O.[Fm]. The van der Waals surface area contributed by atoms with Crippen molar-refractivity contribution in [2.75, 3.05) is 52.3 Å². The Morgan fingerprint density at radius 3 is 2.16 bits per heavy atom. The number of hydrogen-bond acceptors (Lipinski definition) is 12. The molecule has 9 N–H and O–H groups in total. The number of esters is 1. The van der Waals surface area contributed by atoms with E-state index in [4.69, 9.17) is 10.8 Å². The molecule has 1 aliphatic heterocycles. The van der Waals surface area contributed by atoms with Crippen LogP contribution >= 0.6 is 11.8 Å². The van der Waals surface area contributed by atoms with Crippen molar-refractivity contribution in [2.24, 2.45) is 5.73 Å². The summed E-state index contributed by atoms with van der Waals surface area (Å²) >= 11 is 1.77. The number of nitrogens with zero attached hydrogens (tertiary/aromatic N) is 1. The Labute approximate surface area is 406 Å². The van der Waals surface area contributed by atoms with E-state index in [1.807, 2.05) is 81.6 Å². The number of likely N-dealkylation sites (N-methyl/N-ethyl adjacent to an activating group) is 1. The van der Waals surface area contributed by atoms with Gasteiger partial charge in [0.05, 0.1) is 26.2 Å². The summed E-state index contributed by atoms with van der Waals surface area (Å²) in [6.45, 7) is 9.76. The van der Waals surface area contributed by atoms with Crippen LogP contribution < -0.4 is 32.3 Å². The summed E-state index contributed by atoms with van der Waals surface area (Å²) in [5.41, 5.74) is 10.6. The average Bonchev–Trinajstić information content (AvgIpc) is 3.95. The second-order valence-corrected chi connectivity index (χ2v) is 16.7. The Bertz CT molecular complexity index is 1950. The quantitative estimate of drug-likeness (QED) is 0.0192. The molecule has 0 aliphatic carbocycles. The molecule has 0 radical (unpaired) electrons. The first kappa shape index (κ1) is 63.8. The zero-order valence-electron chi connectivity index (χ0n) is 41.0. The Balaban J connectivity index is 0. The number of unbranched alkanes of at least 4 members (excludes halogenated alkanes) is 1. The second-order valence-electron chi connectivity index (χ2n) is 15.7. The van der Waals surface area contributed by atoms with Gasteiger partial charge < -0.3 is 56.7 Å². The molecule has 4 atom stereocenters. The third kappa shape index (κ3) is 32.2. The van der Waals surface area contributed by atoms with Crippen LogP contribution in [0.2, 0.25) is 0 Å². The van der Waals surface area contributed by atoms with Gasteiger partial charge in [-0.1, -0.05) is 66.2 Å². The number of H-pyrrole nitrogens is 1. The number of fused-ring (bicyclic) bond motifs is 1. The smallest absolute Gasteiger partial charge is 0.328 e. The summed E-state index contributed by atoms with van der Waals surface area (Å²) in [7, 11) is 3.21. The first-order chi connectivity index (χ1) is 32.7. The van der Waals surface area contributed by atoms with Crippen LogP contribution in [0.4, 0.5) is 0 Å². The van der Waals surface area contributed by atoms with E-state index < -0.39 is 12.0 Å². The molecule has 0 spiro atoms. The summed E-state index contributed by atoms with van der Waals surface area (Å²) < 4.78 is 4.50. The van der Waals surface area contributed by atoms with Crippen LogP contribution in [-0.4, -0.2) is 135 Å². The number of ether oxygens (including phenoxy) is 1. The average molecular weight is 1220 g/mol. The number of nitrogens with one attached hydrogen (secondary N) is 6. The molecule has 0 saturated carbocycles. The minimum atomic E-state index is -0.604. The van der Waals surface area contributed by atoms with E-state index in [0.29, 0.717) is 44.2 Å². The van der Waals surface area contributed by atoms with Gasteiger partial charge in [-0.2, -0.15) is 18.2 Å². The molecule has 1 saturated heterocycles. The van der Waals surface area contributed by atoms with E-state index in [1.165, 1.54) is 34.7 Å². The second kappa shape index (κ2) is 41.0. The number of carbonyl (C=O) groups is 6. The van der Waals surface area contributed by atoms with E-state index >= 15 is 0 Å². The topological polar surface area (TPSA) is 254 Å². The summed E-state index contributed by atoms with van der Waals surface area (Å²) in [6, 6.07) is 25.5. The molecule has 5 amide bonds. The van der Waals surface area contributed by atoms with Crippen molar-refractivity contribution in [2.45, 2.75) is 96.8 Å². The Hall–Kier alpha value is -7.24. The first-order valence-corrected chi connectivity index (χ1v) is 23.9. The number of aldehydes is 1. The van der Waals surface area contributed by atoms with Gasteiger partial charge in [0.2, 0.25) is 24.6 Å². The number of phenolic OH excluding ortho intramolecular Hbond substituents is 1. The van der Waals surface area contributed by atoms with Gasteiger partial charge in [-0.25, -0.2) is 4.79 Å². The van der Waals surface area contributed by atoms with Crippen molar-refractivity contribution in [3.63, 3.8) is 0 Å². The zero-order chi connectivity index (χ0) is 51.0. The van der Waals surface area contributed by atoms with Gasteiger partial charge in [-0.05, 0) is 134 Å². The summed E-state index contributed by atoms with van der Waals surface area (Å²) in [4.78, 5) is 78.5. The van der Waals surface area contributed by atoms with Crippen molar-refractivity contribution in [3.05, 3.63) is 102 Å². The fraction of sp³-hybridized carbons (Fsp3) is 0.460. The predicted octanol–water partition coefficient (Wildman–Crippen LogP) is 4.24. The maximum atomic E-state index is 11.9. The number of aromatic nitrogens is 1. The number of amides is 5. The molecule has 19 heteroatoms. The molecular weight excluding hydrogens is 1150 g/mol. The predicted molar refractivity (Wildman–Crippen MR) is 272 cm³/mol. The zero-order valence-corrected chi connectivity index (χ0v) is 44.3. The molecule has 4 aromatic rings. The van der Waals surface area contributed by atoms with Gasteiger partial charge in [0, 0.05) is 29.2 Å². The maximum Gasteiger partial charge on any atom is 0.328 e. The maximum absolute atomic E-state index is 11.9. The monoisotopic (exact) mass is 1220 g/mol. The number of methoxy groups -OCH3 is 1. The van der Waals surface area contributed by atoms with Gasteiger partial charge in [-0.3, -0.25) is 24.1 Å². The molecule has 2 heterocycles. The van der Waals surface area contributed by atoms with Crippen LogP contribution in [0, 0.1) is 13.8 Å². The Morgan fingerprint density at radius 1 is 0.971 bits per heavy atom. The number of thioether (sulfide) groups is 1. The standard InChI is InChI=1S/C13H25N3O2S.C9H15N2O4.C9H9N.C9H13N.C7H8O.C3H5NO2.Fm/c1-10(6-8-19-3)15-12(17)9-14-13(18)11-5-4-7-16(11)2;1-15-9(14)8(11-7-13)4-2-3-5-10-6-12;1-7-6-10-9-5-3-2-4-8(7)9;1-8(10)7-9-5-3-2-4-6-9;1-6-2-4-7(8)5-3-6;5-2-1-4-3-6;/h10-11H,4-9H2,1-3H3,(H,14,18)(H,15,17);7-8H,2-5H2,1H3,(H,10,12)(H,11,13);2-6,10H,1H3;2-6,8H,7,10H2,1H3;2-5,8H,1H3;2-3H,1H2,(H,4,6);/q;-1;;;;;. The van der Waals surface area contributed by atoms with Gasteiger partial charge in [-0.15, -0.1) is 0 Å². The molecule has 1 aromatic heterocycles. The fourth-order valence-electron chi connectivity index (χ4n) is 6.17. The minimum absolute atomic E-state index is 0. The van der Waals surface area contributed by atoms with Gasteiger partial charge >= 0.3 is 5.97 Å². The summed E-state index contributed by atoms with van der Waals surface area (Å²) in [5.74, 6) is 0.753. The number of para-hydroxylation sites is 1. The van der Waals surface area contributed by atoms with E-state index in [0.717, 1.165) is 44.4 Å². The van der Waals surface area contributed by atoms with Crippen molar-refractivity contribution < 1.29 is 43.4 Å². The third-order valence-electron chi connectivity index (χ3n) is 9.80. The fourth-order valence-corrected chi connectivity index (χ4v) is 6.76. The van der Waals surface area contributed by atoms with E-state index in [-0.39, 0.29) is 43.0 Å². The first-order valence-electron chi connectivity index (χ1n) is 22.5. The Kier molecular flexibility index (Phi) is 37.9. The number of hydrogen-bond donors (Lipinski definition) is 8.